The molecule has 2 aromatic rings. The minimum absolute atomic E-state index is 0.0232. The van der Waals surface area contributed by atoms with Crippen molar-refractivity contribution in [1.29, 1.82) is 0 Å². The van der Waals surface area contributed by atoms with Gasteiger partial charge in [-0.05, 0) is 50.0 Å². The lowest BCUT2D eigenvalue weighted by atomic mass is 9.60. The van der Waals surface area contributed by atoms with Gasteiger partial charge in [0.15, 0.2) is 5.60 Å². The Morgan fingerprint density at radius 3 is 2.39 bits per heavy atom. The van der Waals surface area contributed by atoms with Gasteiger partial charge < -0.3 is 26.2 Å². The first kappa shape index (κ1) is 20.8. The Morgan fingerprint density at radius 1 is 1.16 bits per heavy atom. The molecule has 162 valence electrons. The summed E-state index contributed by atoms with van der Waals surface area (Å²) in [6.45, 7) is 1.71. The average molecular weight is 426 g/mol. The van der Waals surface area contributed by atoms with Crippen molar-refractivity contribution in [3.8, 4) is 11.5 Å². The number of ketones is 2. The lowest BCUT2D eigenvalue weighted by Gasteiger charge is -2.47. The molecule has 1 amide bonds. The molecule has 0 heterocycles. The number of aryl methyl sites for hydroxylation is 1. The quantitative estimate of drug-likeness (QED) is 0.342. The molecule has 0 bridgehead atoms. The molecule has 0 saturated carbocycles. The second-order valence-electron chi connectivity index (χ2n) is 8.30. The van der Waals surface area contributed by atoms with Crippen LogP contribution in [0.4, 0.5) is 0 Å². The van der Waals surface area contributed by atoms with E-state index < -0.39 is 52.1 Å². The van der Waals surface area contributed by atoms with Gasteiger partial charge in [-0.1, -0.05) is 12.1 Å². The van der Waals surface area contributed by atoms with Gasteiger partial charge in [0.1, 0.15) is 22.8 Å². The molecule has 3 atom stereocenters. The summed E-state index contributed by atoms with van der Waals surface area (Å²) in [5.41, 5.74) is 2.41. The van der Waals surface area contributed by atoms with Crippen LogP contribution >= 0.6 is 0 Å². The average Bonchev–Trinajstić information content (AvgIpc) is 2.68. The molecule has 9 heteroatoms. The Kier molecular flexibility index (Phi) is 4.39. The molecule has 0 aromatic heterocycles. The Hall–Kier alpha value is -3.43. The van der Waals surface area contributed by atoms with Crippen molar-refractivity contribution in [2.45, 2.75) is 25.0 Å². The molecule has 0 aliphatic heterocycles. The van der Waals surface area contributed by atoms with Gasteiger partial charge in [0.25, 0.3) is 5.91 Å². The summed E-state index contributed by atoms with van der Waals surface area (Å²) >= 11 is 0. The van der Waals surface area contributed by atoms with Crippen LogP contribution in [-0.4, -0.2) is 68.5 Å². The van der Waals surface area contributed by atoms with E-state index in [1.54, 1.807) is 33.2 Å². The number of primary amides is 1. The molecule has 0 fully saturated rings. The number of aliphatic hydroxyl groups excluding tert-OH is 1. The Balaban J connectivity index is 2.09. The van der Waals surface area contributed by atoms with Crippen LogP contribution in [0.2, 0.25) is 0 Å². The number of fused-ring (bicyclic) bond motifs is 3. The Labute approximate surface area is 177 Å². The van der Waals surface area contributed by atoms with E-state index in [0.717, 1.165) is 0 Å². The maximum atomic E-state index is 13.6. The Bertz CT molecular complexity index is 1230. The van der Waals surface area contributed by atoms with E-state index in [1.807, 2.05) is 0 Å². The molecule has 2 aromatic carbocycles. The summed E-state index contributed by atoms with van der Waals surface area (Å²) in [6.07, 6.45) is -0.0484. The number of likely N-dealkylation sites (N-methyl/N-ethyl adjacent to an activating group) is 1. The van der Waals surface area contributed by atoms with E-state index in [1.165, 1.54) is 11.0 Å². The van der Waals surface area contributed by atoms with Gasteiger partial charge in [0.2, 0.25) is 11.6 Å². The van der Waals surface area contributed by atoms with Crippen molar-refractivity contribution in [3.63, 3.8) is 0 Å². The number of hydrogen-bond donors (Lipinski definition) is 5. The highest BCUT2D eigenvalue weighted by molar-refractivity contribution is 6.33. The van der Waals surface area contributed by atoms with Crippen LogP contribution in [-0.2, 0) is 16.0 Å². The van der Waals surface area contributed by atoms with E-state index in [4.69, 9.17) is 5.73 Å². The van der Waals surface area contributed by atoms with Gasteiger partial charge in [-0.2, -0.15) is 0 Å². The van der Waals surface area contributed by atoms with Gasteiger partial charge in [-0.3, -0.25) is 19.3 Å². The summed E-state index contributed by atoms with van der Waals surface area (Å²) in [6, 6.07) is 3.56. The molecule has 6 N–H and O–H groups in total. The third kappa shape index (κ3) is 2.47. The van der Waals surface area contributed by atoms with Crippen LogP contribution in [0.1, 0.15) is 21.5 Å². The first-order valence-corrected chi connectivity index (χ1v) is 9.61. The highest BCUT2D eigenvalue weighted by Gasteiger charge is 2.63. The fourth-order valence-corrected chi connectivity index (χ4v) is 5.05. The van der Waals surface area contributed by atoms with Crippen molar-refractivity contribution in [2.24, 2.45) is 11.7 Å². The highest BCUT2D eigenvalue weighted by Crippen LogP contribution is 2.50. The van der Waals surface area contributed by atoms with Crippen LogP contribution in [0, 0.1) is 12.8 Å². The number of amides is 1. The van der Waals surface area contributed by atoms with E-state index in [2.05, 4.69) is 0 Å². The number of nitrogens with zero attached hydrogens (tertiary/aromatic N) is 1. The second kappa shape index (κ2) is 6.53. The number of phenols is 2. The molecule has 9 nitrogen and oxygen atoms in total. The zero-order valence-corrected chi connectivity index (χ0v) is 17.1. The first-order chi connectivity index (χ1) is 14.4. The normalized spacial score (nSPS) is 25.7. The number of phenolic OH excluding ortho intramolecular Hbond substituents is 2. The number of nitrogens with two attached hydrogens (primary N) is 1. The van der Waals surface area contributed by atoms with E-state index in [-0.39, 0.29) is 23.1 Å². The van der Waals surface area contributed by atoms with Gasteiger partial charge in [0.05, 0.1) is 17.0 Å². The number of benzene rings is 2. The van der Waals surface area contributed by atoms with Gasteiger partial charge in [0, 0.05) is 5.92 Å². The van der Waals surface area contributed by atoms with Crippen LogP contribution in [0.5, 0.6) is 11.5 Å². The molecule has 31 heavy (non-hydrogen) atoms. The number of aromatic hydroxyl groups is 2. The number of Topliss-reactive ketones (excluding diaryl/α,β-unsaturated/α-hetero) is 2. The standard InChI is InChI=1S/C22H22N2O7/c1-8-9-5-4-6-12(25)13(9)17(26)14-10(8)7-11-16(24(2)3)18(27)15(21(23)30)20(29)22(11,31)19(14)28/h4-6,11,16,25-27,31H,7H2,1-3H3,(H2,23,30)/t11-,16+,22-/m0/s1. The van der Waals surface area contributed by atoms with Crippen molar-refractivity contribution in [1.82, 2.24) is 4.90 Å². The maximum Gasteiger partial charge on any atom is 0.255 e. The summed E-state index contributed by atoms with van der Waals surface area (Å²) in [5, 5.41) is 43.8. The van der Waals surface area contributed by atoms with Crippen LogP contribution < -0.4 is 5.73 Å². The highest BCUT2D eigenvalue weighted by atomic mass is 16.3. The molecular weight excluding hydrogens is 404 g/mol. The number of aliphatic hydroxyl groups is 2. The van der Waals surface area contributed by atoms with Crippen LogP contribution in [0.25, 0.3) is 10.8 Å². The van der Waals surface area contributed by atoms with Gasteiger partial charge in [-0.15, -0.1) is 0 Å². The summed E-state index contributed by atoms with van der Waals surface area (Å²) in [7, 11) is 3.14. The van der Waals surface area contributed by atoms with E-state index in [0.29, 0.717) is 16.5 Å². The Morgan fingerprint density at radius 2 is 1.81 bits per heavy atom. The second-order valence-corrected chi connectivity index (χ2v) is 8.30. The number of carbonyl (C=O) groups is 3. The van der Waals surface area contributed by atoms with Gasteiger partial charge in [-0.25, -0.2) is 0 Å². The third-order valence-corrected chi connectivity index (χ3v) is 6.50. The summed E-state index contributed by atoms with van der Waals surface area (Å²) < 4.78 is 0. The zero-order chi connectivity index (χ0) is 23.0. The monoisotopic (exact) mass is 426 g/mol. The topological polar surface area (TPSA) is 161 Å². The minimum Gasteiger partial charge on any atom is -0.510 e. The smallest absolute Gasteiger partial charge is 0.255 e. The fourth-order valence-electron chi connectivity index (χ4n) is 5.05. The van der Waals surface area contributed by atoms with Crippen molar-refractivity contribution >= 4 is 28.2 Å². The summed E-state index contributed by atoms with van der Waals surface area (Å²) in [4.78, 5) is 40.1. The number of hydrogen-bond acceptors (Lipinski definition) is 8. The minimum atomic E-state index is -2.72. The van der Waals surface area contributed by atoms with E-state index >= 15 is 0 Å². The molecule has 2 aliphatic rings. The van der Waals surface area contributed by atoms with Crippen molar-refractivity contribution in [2.75, 3.05) is 14.1 Å². The predicted octanol–water partition coefficient (Wildman–Crippen LogP) is 0.456. The lowest BCUT2D eigenvalue weighted by Crippen LogP contribution is -2.66. The molecule has 0 spiro atoms. The van der Waals surface area contributed by atoms with Gasteiger partial charge >= 0.3 is 0 Å². The van der Waals surface area contributed by atoms with E-state index in [9.17, 15) is 34.8 Å². The maximum absolute atomic E-state index is 13.6. The largest absolute Gasteiger partial charge is 0.510 e. The molecule has 2 aliphatic carbocycles. The fraction of sp³-hybridized carbons (Fsp3) is 0.318. The zero-order valence-electron chi connectivity index (χ0n) is 17.1. The number of carbonyl (C=O) groups excluding carboxylic acids is 3. The van der Waals surface area contributed by atoms with Crippen molar-refractivity contribution in [3.05, 3.63) is 46.2 Å². The SMILES string of the molecule is Cc1c2c(c(O)c3c(O)cccc13)C(=O)[C@]1(O)C(=O)C(C(N)=O)=C(O)[C@H](N(C)C)[C@@H]1C2. The predicted molar refractivity (Wildman–Crippen MR) is 110 cm³/mol. The lowest BCUT2D eigenvalue weighted by molar-refractivity contribution is -0.140. The molecule has 0 unspecified atom stereocenters. The number of rotatable bonds is 2. The molecular formula is C22H22N2O7. The summed E-state index contributed by atoms with van der Waals surface area (Å²) in [5.74, 6) is -6.23. The first-order valence-electron chi connectivity index (χ1n) is 9.61. The molecule has 0 radical (unpaired) electrons. The molecule has 4 rings (SSSR count). The molecule has 0 saturated heterocycles. The van der Waals surface area contributed by atoms with Crippen LogP contribution in [0.15, 0.2) is 29.5 Å². The third-order valence-electron chi connectivity index (χ3n) is 6.50. The van der Waals surface area contributed by atoms with Crippen molar-refractivity contribution < 1.29 is 34.8 Å². The van der Waals surface area contributed by atoms with Crippen LogP contribution in [0.3, 0.4) is 0 Å².